The van der Waals surface area contributed by atoms with Crippen LogP contribution in [0, 0.1) is 6.92 Å². The molecule has 1 aromatic carbocycles. The van der Waals surface area contributed by atoms with Crippen molar-refractivity contribution in [2.45, 2.75) is 65.2 Å². The normalized spacial score (nSPS) is 10.5. The number of ether oxygens (including phenoxy) is 1. The lowest BCUT2D eigenvalue weighted by atomic mass is 10.1. The van der Waals surface area contributed by atoms with Crippen LogP contribution in [0.1, 0.15) is 74.2 Å². The van der Waals surface area contributed by atoms with Crippen LogP contribution in [-0.4, -0.2) is 17.0 Å². The Labute approximate surface area is 132 Å². The number of unbranched alkanes of at least 4 members (excludes halogenated alkanes) is 6. The lowest BCUT2D eigenvalue weighted by molar-refractivity contribution is -0.134. The van der Waals surface area contributed by atoms with Crippen LogP contribution in [-0.2, 0) is 4.79 Å². The molecule has 0 aliphatic heterocycles. The molecule has 1 rings (SSSR count). The summed E-state index contributed by atoms with van der Waals surface area (Å²) in [6.07, 6.45) is 8.51. The minimum atomic E-state index is -0.982. The fourth-order valence-electron chi connectivity index (χ4n) is 2.30. The number of carbonyl (C=O) groups excluding carboxylic acids is 1. The van der Waals surface area contributed by atoms with Gasteiger partial charge in [0, 0.05) is 6.42 Å². The van der Waals surface area contributed by atoms with Crippen molar-refractivity contribution in [1.29, 1.82) is 0 Å². The van der Waals surface area contributed by atoms with E-state index < -0.39 is 5.97 Å². The van der Waals surface area contributed by atoms with Crippen LogP contribution < -0.4 is 4.74 Å². The Morgan fingerprint density at radius 3 is 2.27 bits per heavy atom. The van der Waals surface area contributed by atoms with Crippen molar-refractivity contribution in [3.8, 4) is 5.75 Å². The SMILES string of the molecule is CCCCCCCCCC(=O)Oc1ccc(C(=O)O)cc1C. The molecule has 0 amide bonds. The molecule has 22 heavy (non-hydrogen) atoms. The first-order chi connectivity index (χ1) is 10.5. The standard InChI is InChI=1S/C18H26O4/c1-3-4-5-6-7-8-9-10-17(19)22-16-12-11-15(18(20)21)13-14(16)2/h11-13H,3-10H2,1-2H3,(H,20,21). The van der Waals surface area contributed by atoms with E-state index in [4.69, 9.17) is 9.84 Å². The second kappa shape index (κ2) is 9.98. The molecule has 1 N–H and O–H groups in total. The minimum absolute atomic E-state index is 0.198. The van der Waals surface area contributed by atoms with Crippen LogP contribution in [0.3, 0.4) is 0 Å². The van der Waals surface area contributed by atoms with Crippen molar-refractivity contribution in [3.63, 3.8) is 0 Å². The Bertz CT molecular complexity index is 494. The molecule has 122 valence electrons. The molecule has 4 nitrogen and oxygen atoms in total. The lowest BCUT2D eigenvalue weighted by Crippen LogP contribution is -2.09. The number of hydrogen-bond acceptors (Lipinski definition) is 3. The Kier molecular flexibility index (Phi) is 8.26. The number of aryl methyl sites for hydroxylation is 1. The van der Waals surface area contributed by atoms with E-state index in [0.717, 1.165) is 12.8 Å². The van der Waals surface area contributed by atoms with Crippen molar-refractivity contribution < 1.29 is 19.4 Å². The number of carboxylic acid groups (broad SMARTS) is 1. The van der Waals surface area contributed by atoms with E-state index in [2.05, 4.69) is 6.92 Å². The van der Waals surface area contributed by atoms with Crippen molar-refractivity contribution in [2.75, 3.05) is 0 Å². The van der Waals surface area contributed by atoms with Gasteiger partial charge in [-0.2, -0.15) is 0 Å². The predicted molar refractivity (Wildman–Crippen MR) is 86.4 cm³/mol. The summed E-state index contributed by atoms with van der Waals surface area (Å²) < 4.78 is 5.29. The van der Waals surface area contributed by atoms with Gasteiger partial charge in [-0.3, -0.25) is 4.79 Å². The first-order valence-electron chi connectivity index (χ1n) is 8.09. The zero-order chi connectivity index (χ0) is 16.4. The summed E-state index contributed by atoms with van der Waals surface area (Å²) in [5.74, 6) is -0.790. The molecule has 0 fully saturated rings. The van der Waals surface area contributed by atoms with E-state index in [9.17, 15) is 9.59 Å². The van der Waals surface area contributed by atoms with Gasteiger partial charge in [-0.25, -0.2) is 4.79 Å². The zero-order valence-electron chi connectivity index (χ0n) is 13.6. The van der Waals surface area contributed by atoms with Gasteiger partial charge in [-0.05, 0) is 37.1 Å². The minimum Gasteiger partial charge on any atom is -0.478 e. The first-order valence-corrected chi connectivity index (χ1v) is 8.09. The summed E-state index contributed by atoms with van der Waals surface area (Å²) in [4.78, 5) is 22.6. The van der Waals surface area contributed by atoms with Gasteiger partial charge in [-0.1, -0.05) is 45.4 Å². The highest BCUT2D eigenvalue weighted by molar-refractivity contribution is 5.88. The number of benzene rings is 1. The summed E-state index contributed by atoms with van der Waals surface area (Å²) in [6, 6.07) is 4.51. The number of rotatable bonds is 10. The molecule has 0 aliphatic carbocycles. The maximum atomic E-state index is 11.8. The molecule has 0 spiro atoms. The molecule has 0 aromatic heterocycles. The van der Waals surface area contributed by atoms with Gasteiger partial charge in [0.1, 0.15) is 5.75 Å². The van der Waals surface area contributed by atoms with Gasteiger partial charge in [0.25, 0.3) is 0 Å². The molecule has 1 aromatic rings. The molecule has 0 aliphatic rings. The van der Waals surface area contributed by atoms with Gasteiger partial charge < -0.3 is 9.84 Å². The van der Waals surface area contributed by atoms with E-state index >= 15 is 0 Å². The highest BCUT2D eigenvalue weighted by atomic mass is 16.5. The van der Waals surface area contributed by atoms with Crippen molar-refractivity contribution in [2.24, 2.45) is 0 Å². The maximum Gasteiger partial charge on any atom is 0.335 e. The quantitative estimate of drug-likeness (QED) is 0.385. The van der Waals surface area contributed by atoms with Gasteiger partial charge in [0.15, 0.2) is 0 Å². The van der Waals surface area contributed by atoms with E-state index in [1.807, 2.05) is 0 Å². The fourth-order valence-corrected chi connectivity index (χ4v) is 2.30. The summed E-state index contributed by atoms with van der Waals surface area (Å²) in [5, 5.41) is 8.89. The smallest absolute Gasteiger partial charge is 0.335 e. The molecule has 0 saturated heterocycles. The molecule has 4 heteroatoms. The summed E-state index contributed by atoms with van der Waals surface area (Å²) >= 11 is 0. The second-order valence-electron chi connectivity index (χ2n) is 5.63. The van der Waals surface area contributed by atoms with Crippen LogP contribution >= 0.6 is 0 Å². The van der Waals surface area contributed by atoms with E-state index in [0.29, 0.717) is 17.7 Å². The first kappa shape index (κ1) is 18.2. The second-order valence-corrected chi connectivity index (χ2v) is 5.63. The number of hydrogen-bond donors (Lipinski definition) is 1. The van der Waals surface area contributed by atoms with Crippen LogP contribution in [0.2, 0.25) is 0 Å². The Balaban J connectivity index is 2.29. The van der Waals surface area contributed by atoms with E-state index in [1.165, 1.54) is 44.2 Å². The Hall–Kier alpha value is -1.84. The number of esters is 1. The van der Waals surface area contributed by atoms with E-state index in [1.54, 1.807) is 13.0 Å². The largest absolute Gasteiger partial charge is 0.478 e. The zero-order valence-corrected chi connectivity index (χ0v) is 13.6. The highest BCUT2D eigenvalue weighted by Crippen LogP contribution is 2.20. The van der Waals surface area contributed by atoms with Crippen LogP contribution in [0.25, 0.3) is 0 Å². The highest BCUT2D eigenvalue weighted by Gasteiger charge is 2.10. The molecule has 0 saturated carbocycles. The van der Waals surface area contributed by atoms with Crippen molar-refractivity contribution in [3.05, 3.63) is 29.3 Å². The van der Waals surface area contributed by atoms with Crippen LogP contribution in [0.4, 0.5) is 0 Å². The third kappa shape index (κ3) is 6.74. The van der Waals surface area contributed by atoms with E-state index in [-0.39, 0.29) is 11.5 Å². The molecular formula is C18H26O4. The van der Waals surface area contributed by atoms with Crippen molar-refractivity contribution in [1.82, 2.24) is 0 Å². The number of aromatic carboxylic acids is 1. The molecule has 0 radical (unpaired) electrons. The van der Waals surface area contributed by atoms with Crippen molar-refractivity contribution >= 4 is 11.9 Å². The van der Waals surface area contributed by atoms with Gasteiger partial charge in [0.2, 0.25) is 0 Å². The molecule has 0 atom stereocenters. The number of carbonyl (C=O) groups is 2. The third-order valence-electron chi connectivity index (χ3n) is 3.63. The predicted octanol–water partition coefficient (Wildman–Crippen LogP) is 4.74. The average molecular weight is 306 g/mol. The average Bonchev–Trinajstić information content (AvgIpc) is 2.48. The molecule has 0 bridgehead atoms. The number of carboxylic acids is 1. The van der Waals surface area contributed by atoms with Crippen LogP contribution in [0.5, 0.6) is 5.75 Å². The topological polar surface area (TPSA) is 63.6 Å². The van der Waals surface area contributed by atoms with Crippen LogP contribution in [0.15, 0.2) is 18.2 Å². The van der Waals surface area contributed by atoms with Gasteiger partial charge >= 0.3 is 11.9 Å². The van der Waals surface area contributed by atoms with Gasteiger partial charge in [-0.15, -0.1) is 0 Å². The molecular weight excluding hydrogens is 280 g/mol. The summed E-state index contributed by atoms with van der Waals surface area (Å²) in [6.45, 7) is 3.93. The third-order valence-corrected chi connectivity index (χ3v) is 3.63. The molecule has 0 unspecified atom stereocenters. The monoisotopic (exact) mass is 306 g/mol. The lowest BCUT2D eigenvalue weighted by Gasteiger charge is -2.08. The summed E-state index contributed by atoms with van der Waals surface area (Å²) in [5.41, 5.74) is 0.859. The summed E-state index contributed by atoms with van der Waals surface area (Å²) in [7, 11) is 0. The van der Waals surface area contributed by atoms with Gasteiger partial charge in [0.05, 0.1) is 5.56 Å². The fraction of sp³-hybridized carbons (Fsp3) is 0.556. The molecule has 0 heterocycles. The Morgan fingerprint density at radius 1 is 1.05 bits per heavy atom. The maximum absolute atomic E-state index is 11.8. The Morgan fingerprint density at radius 2 is 1.68 bits per heavy atom.